The van der Waals surface area contributed by atoms with Crippen LogP contribution in [0.2, 0.25) is 5.02 Å². The summed E-state index contributed by atoms with van der Waals surface area (Å²) in [7, 11) is -3.98. The van der Waals surface area contributed by atoms with Crippen LogP contribution in [0.15, 0.2) is 35.4 Å². The van der Waals surface area contributed by atoms with Crippen LogP contribution < -0.4 is 4.72 Å². The lowest BCUT2D eigenvalue weighted by Gasteiger charge is -2.11. The van der Waals surface area contributed by atoms with Crippen LogP contribution in [-0.4, -0.2) is 18.5 Å². The summed E-state index contributed by atoms with van der Waals surface area (Å²) >= 11 is 5.84. The van der Waals surface area contributed by atoms with Crippen molar-refractivity contribution in [2.45, 2.75) is 18.4 Å². The zero-order chi connectivity index (χ0) is 15.6. The molecular weight excluding hydrogens is 319 g/mol. The van der Waals surface area contributed by atoms with Gasteiger partial charge < -0.3 is 5.11 Å². The molecule has 0 aliphatic heterocycles. The molecule has 112 valence electrons. The number of anilines is 1. The zero-order valence-corrected chi connectivity index (χ0v) is 12.5. The molecule has 1 heterocycles. The second-order valence-electron chi connectivity index (χ2n) is 4.31. The van der Waals surface area contributed by atoms with Crippen molar-refractivity contribution in [1.82, 2.24) is 4.98 Å². The number of nitrogens with one attached hydrogen (secondary N) is 1. The first-order valence-corrected chi connectivity index (χ1v) is 7.74. The van der Waals surface area contributed by atoms with E-state index in [0.717, 1.165) is 6.07 Å². The van der Waals surface area contributed by atoms with Gasteiger partial charge in [0.15, 0.2) is 5.82 Å². The van der Waals surface area contributed by atoms with E-state index < -0.39 is 22.4 Å². The molecule has 0 aliphatic rings. The van der Waals surface area contributed by atoms with Crippen LogP contribution in [0.5, 0.6) is 0 Å². The number of nitrogens with zero attached hydrogens (tertiary/aromatic N) is 1. The molecule has 2 N–H and O–H groups in total. The Morgan fingerprint density at radius 2 is 2.14 bits per heavy atom. The molecule has 21 heavy (non-hydrogen) atoms. The first-order chi connectivity index (χ1) is 9.85. The average Bonchev–Trinajstić information content (AvgIpc) is 2.44. The van der Waals surface area contributed by atoms with E-state index in [-0.39, 0.29) is 26.9 Å². The number of halogens is 2. The highest BCUT2D eigenvalue weighted by Crippen LogP contribution is 2.24. The monoisotopic (exact) mass is 330 g/mol. The third-order valence-electron chi connectivity index (χ3n) is 2.77. The summed E-state index contributed by atoms with van der Waals surface area (Å²) in [6, 6.07) is 5.29. The normalized spacial score (nSPS) is 11.4. The summed E-state index contributed by atoms with van der Waals surface area (Å²) in [6.45, 7) is 0.821. The predicted molar refractivity (Wildman–Crippen MR) is 77.1 cm³/mol. The second kappa shape index (κ2) is 5.97. The summed E-state index contributed by atoms with van der Waals surface area (Å²) in [4.78, 5) is 3.65. The lowest BCUT2D eigenvalue weighted by Crippen LogP contribution is -2.15. The van der Waals surface area contributed by atoms with Crippen molar-refractivity contribution in [2.24, 2.45) is 0 Å². The second-order valence-corrected chi connectivity index (χ2v) is 6.40. The number of aliphatic hydroxyl groups excluding tert-OH is 1. The van der Waals surface area contributed by atoms with Crippen LogP contribution in [0, 0.1) is 12.7 Å². The quantitative estimate of drug-likeness (QED) is 0.902. The number of aromatic nitrogens is 1. The summed E-state index contributed by atoms with van der Waals surface area (Å²) in [5.41, 5.74) is 0.0246. The van der Waals surface area contributed by atoms with Gasteiger partial charge in [-0.1, -0.05) is 11.6 Å². The van der Waals surface area contributed by atoms with Crippen molar-refractivity contribution in [3.05, 3.63) is 52.4 Å². The van der Waals surface area contributed by atoms with Crippen molar-refractivity contribution in [3.63, 3.8) is 0 Å². The summed E-state index contributed by atoms with van der Waals surface area (Å²) in [6.07, 6.45) is 1.39. The average molecular weight is 331 g/mol. The smallest absolute Gasteiger partial charge is 0.263 e. The van der Waals surface area contributed by atoms with Gasteiger partial charge in [-0.2, -0.15) is 0 Å². The van der Waals surface area contributed by atoms with Crippen LogP contribution in [0.4, 0.5) is 10.2 Å². The minimum absolute atomic E-state index is 0.0216. The van der Waals surface area contributed by atoms with Crippen molar-refractivity contribution in [1.29, 1.82) is 0 Å². The van der Waals surface area contributed by atoms with Gasteiger partial charge in [0.2, 0.25) is 0 Å². The van der Waals surface area contributed by atoms with Gasteiger partial charge in [-0.15, -0.1) is 0 Å². The van der Waals surface area contributed by atoms with Crippen molar-refractivity contribution in [3.8, 4) is 0 Å². The number of sulfonamides is 1. The third kappa shape index (κ3) is 3.31. The maximum absolute atomic E-state index is 13.7. The minimum atomic E-state index is -3.98. The number of hydrogen-bond acceptors (Lipinski definition) is 4. The van der Waals surface area contributed by atoms with E-state index in [1.54, 1.807) is 6.07 Å². The fourth-order valence-electron chi connectivity index (χ4n) is 1.72. The molecule has 0 spiro atoms. The van der Waals surface area contributed by atoms with E-state index >= 15 is 0 Å². The number of pyridine rings is 1. The highest BCUT2D eigenvalue weighted by molar-refractivity contribution is 7.92. The third-order valence-corrected chi connectivity index (χ3v) is 4.40. The predicted octanol–water partition coefficient (Wildman–Crippen LogP) is 2.48. The Hall–Kier alpha value is -1.70. The molecule has 5 nitrogen and oxygen atoms in total. The van der Waals surface area contributed by atoms with Gasteiger partial charge >= 0.3 is 0 Å². The molecule has 0 amide bonds. The van der Waals surface area contributed by atoms with Gasteiger partial charge in [0.05, 0.1) is 16.5 Å². The molecule has 2 aromatic rings. The molecular formula is C13H12ClFN2O3S. The summed E-state index contributed by atoms with van der Waals surface area (Å²) < 4.78 is 40.4. The Morgan fingerprint density at radius 1 is 1.43 bits per heavy atom. The lowest BCUT2D eigenvalue weighted by molar-refractivity contribution is 0.275. The number of rotatable bonds is 4. The topological polar surface area (TPSA) is 79.3 Å². The zero-order valence-electron chi connectivity index (χ0n) is 11.0. The van der Waals surface area contributed by atoms with E-state index in [1.807, 2.05) is 0 Å². The van der Waals surface area contributed by atoms with E-state index in [4.69, 9.17) is 16.7 Å². The molecule has 2 rings (SSSR count). The van der Waals surface area contributed by atoms with E-state index in [2.05, 4.69) is 9.71 Å². The van der Waals surface area contributed by atoms with Gasteiger partial charge in [-0.3, -0.25) is 4.72 Å². The van der Waals surface area contributed by atoms with Crippen molar-refractivity contribution >= 4 is 27.4 Å². The van der Waals surface area contributed by atoms with E-state index in [0.29, 0.717) is 0 Å². The molecule has 8 heteroatoms. The molecule has 0 radical (unpaired) electrons. The lowest BCUT2D eigenvalue weighted by atomic mass is 10.1. The summed E-state index contributed by atoms with van der Waals surface area (Å²) in [5, 5.41) is 9.22. The maximum atomic E-state index is 13.7. The van der Waals surface area contributed by atoms with Crippen LogP contribution in [0.25, 0.3) is 0 Å². The number of aryl methyl sites for hydroxylation is 1. The van der Waals surface area contributed by atoms with Crippen molar-refractivity contribution in [2.75, 3.05) is 4.72 Å². The van der Waals surface area contributed by atoms with Gasteiger partial charge in [-0.25, -0.2) is 17.8 Å². The Bertz CT molecular complexity index is 781. The molecule has 0 fully saturated rings. The Balaban J connectivity index is 2.45. The highest BCUT2D eigenvalue weighted by Gasteiger charge is 2.19. The molecule has 0 aliphatic carbocycles. The van der Waals surface area contributed by atoms with Gasteiger partial charge in [-0.05, 0) is 36.8 Å². The van der Waals surface area contributed by atoms with Gasteiger partial charge in [0.25, 0.3) is 10.0 Å². The highest BCUT2D eigenvalue weighted by atomic mass is 35.5. The number of benzene rings is 1. The largest absolute Gasteiger partial charge is 0.392 e. The molecule has 1 aromatic heterocycles. The maximum Gasteiger partial charge on any atom is 0.263 e. The Morgan fingerprint density at radius 3 is 2.76 bits per heavy atom. The minimum Gasteiger partial charge on any atom is -0.392 e. The molecule has 1 aromatic carbocycles. The fourth-order valence-corrected chi connectivity index (χ4v) is 3.11. The molecule has 0 saturated heterocycles. The van der Waals surface area contributed by atoms with Crippen LogP contribution in [0.3, 0.4) is 0 Å². The van der Waals surface area contributed by atoms with Crippen molar-refractivity contribution < 1.29 is 17.9 Å². The van der Waals surface area contributed by atoms with E-state index in [1.165, 1.54) is 25.3 Å². The van der Waals surface area contributed by atoms with Gasteiger partial charge in [0, 0.05) is 11.8 Å². The number of aliphatic hydroxyl groups is 1. The number of hydrogen-bond donors (Lipinski definition) is 2. The summed E-state index contributed by atoms with van der Waals surface area (Å²) in [5.74, 6) is -0.654. The van der Waals surface area contributed by atoms with Crippen LogP contribution in [0.1, 0.15) is 11.1 Å². The van der Waals surface area contributed by atoms with Gasteiger partial charge in [0.1, 0.15) is 5.82 Å². The standard InChI is InChI=1S/C13H12ClFN2O3S/c1-8-5-10(6-9(7-18)12(8)15)21(19,20)17-13-11(14)3-2-4-16-13/h2-6,18H,7H2,1H3,(H,16,17). The van der Waals surface area contributed by atoms with Crippen LogP contribution in [-0.2, 0) is 16.6 Å². The first kappa shape index (κ1) is 15.7. The Kier molecular flexibility index (Phi) is 4.46. The fraction of sp³-hybridized carbons (Fsp3) is 0.154. The molecule has 0 bridgehead atoms. The molecule has 0 unspecified atom stereocenters. The Labute approximate surface area is 126 Å². The SMILES string of the molecule is Cc1cc(S(=O)(=O)Nc2ncccc2Cl)cc(CO)c1F. The first-order valence-electron chi connectivity index (χ1n) is 5.88. The van der Waals surface area contributed by atoms with Crippen LogP contribution >= 0.6 is 11.6 Å². The van der Waals surface area contributed by atoms with E-state index in [9.17, 15) is 12.8 Å². The molecule has 0 saturated carbocycles. The molecule has 0 atom stereocenters.